The third kappa shape index (κ3) is 1.36. The largest absolute Gasteiger partial charge is 0.325 e. The van der Waals surface area contributed by atoms with E-state index in [2.05, 4.69) is 17.6 Å². The molecule has 0 aromatic heterocycles. The van der Waals surface area contributed by atoms with Crippen LogP contribution in [0.15, 0.2) is 42.7 Å². The van der Waals surface area contributed by atoms with Gasteiger partial charge < -0.3 is 5.32 Å². The van der Waals surface area contributed by atoms with Crippen molar-refractivity contribution in [3.8, 4) is 0 Å². The molecule has 0 radical (unpaired) electrons. The Hall–Kier alpha value is -1.79. The first-order chi connectivity index (χ1) is 6.83. The summed E-state index contributed by atoms with van der Waals surface area (Å²) >= 11 is 0. The van der Waals surface area contributed by atoms with Gasteiger partial charge >= 0.3 is 0 Å². The van der Waals surface area contributed by atoms with E-state index < -0.39 is 0 Å². The second kappa shape index (κ2) is 3.52. The summed E-state index contributed by atoms with van der Waals surface area (Å²) < 4.78 is 0. The minimum atomic E-state index is -0.0690. The van der Waals surface area contributed by atoms with Gasteiger partial charge in [0.15, 0.2) is 0 Å². The van der Waals surface area contributed by atoms with E-state index in [4.69, 9.17) is 0 Å². The zero-order valence-electron chi connectivity index (χ0n) is 7.79. The van der Waals surface area contributed by atoms with E-state index in [-0.39, 0.29) is 11.8 Å². The molecule has 0 spiro atoms. The van der Waals surface area contributed by atoms with Crippen LogP contribution in [0.25, 0.3) is 0 Å². The molecule has 0 saturated carbocycles. The van der Waals surface area contributed by atoms with Crippen LogP contribution in [-0.4, -0.2) is 5.91 Å². The van der Waals surface area contributed by atoms with Gasteiger partial charge in [0, 0.05) is 5.69 Å². The average molecular weight is 185 g/mol. The van der Waals surface area contributed by atoms with Crippen LogP contribution in [0.2, 0.25) is 0 Å². The van der Waals surface area contributed by atoms with Gasteiger partial charge in [0.1, 0.15) is 0 Å². The topological polar surface area (TPSA) is 29.1 Å². The molecule has 0 aliphatic carbocycles. The van der Waals surface area contributed by atoms with Gasteiger partial charge in [-0.05, 0) is 24.1 Å². The molecule has 2 nitrogen and oxygen atoms in total. The highest BCUT2D eigenvalue weighted by Gasteiger charge is 2.28. The summed E-state index contributed by atoms with van der Waals surface area (Å²) in [6.45, 7) is 3.49. The van der Waals surface area contributed by atoms with Gasteiger partial charge in [-0.3, -0.25) is 4.79 Å². The minimum Gasteiger partial charge on any atom is -0.325 e. The van der Waals surface area contributed by atoms with Crippen molar-refractivity contribution in [3.63, 3.8) is 0 Å². The maximum atomic E-state index is 11.6. The van der Waals surface area contributed by atoms with E-state index >= 15 is 0 Å². The molecule has 1 heterocycles. The molecule has 1 aromatic rings. The number of allylic oxidation sites excluding steroid dienone is 1. The zero-order valence-corrected chi connectivity index (χ0v) is 7.79. The Morgan fingerprint density at radius 1 is 1.50 bits per heavy atom. The number of hydrogen-bond acceptors (Lipinski definition) is 1. The SMILES string of the molecule is C=C=CC[C@H]1C(=O)Nc2ccccc21. The lowest BCUT2D eigenvalue weighted by molar-refractivity contribution is -0.116. The number of rotatable bonds is 2. The highest BCUT2D eigenvalue weighted by Crippen LogP contribution is 2.34. The van der Waals surface area contributed by atoms with E-state index in [1.807, 2.05) is 24.3 Å². The standard InChI is InChI=1S/C12H11NO/c1-2-3-6-10-9-7-4-5-8-11(9)13-12(10)14/h3-5,7-8,10H,1,6H2,(H,13,14)/t10-/m1/s1. The summed E-state index contributed by atoms with van der Waals surface area (Å²) in [5.74, 6) is -0.00171. The molecule has 2 heteroatoms. The van der Waals surface area contributed by atoms with Crippen LogP contribution >= 0.6 is 0 Å². The monoisotopic (exact) mass is 185 g/mol. The number of anilines is 1. The lowest BCUT2D eigenvalue weighted by Crippen LogP contribution is -2.10. The molecule has 1 aliphatic heterocycles. The van der Waals surface area contributed by atoms with Crippen molar-refractivity contribution in [1.82, 2.24) is 0 Å². The second-order valence-electron chi connectivity index (χ2n) is 3.27. The Bertz CT molecular complexity index is 416. The molecular formula is C12H11NO. The van der Waals surface area contributed by atoms with Crippen LogP contribution in [0.3, 0.4) is 0 Å². The van der Waals surface area contributed by atoms with Crippen LogP contribution < -0.4 is 5.32 Å². The highest BCUT2D eigenvalue weighted by atomic mass is 16.2. The van der Waals surface area contributed by atoms with Crippen LogP contribution in [0, 0.1) is 0 Å². The Balaban J connectivity index is 2.34. The molecule has 1 N–H and O–H groups in total. The number of carbonyl (C=O) groups excluding carboxylic acids is 1. The molecule has 1 atom stereocenters. The van der Waals surface area contributed by atoms with Crippen LogP contribution in [0.4, 0.5) is 5.69 Å². The average Bonchev–Trinajstić information content (AvgIpc) is 2.51. The Morgan fingerprint density at radius 2 is 2.29 bits per heavy atom. The van der Waals surface area contributed by atoms with Gasteiger partial charge in [0.2, 0.25) is 5.91 Å². The van der Waals surface area contributed by atoms with Crippen molar-refractivity contribution >= 4 is 11.6 Å². The Labute approximate surface area is 82.9 Å². The first-order valence-electron chi connectivity index (χ1n) is 4.57. The van der Waals surface area contributed by atoms with Gasteiger partial charge in [0.05, 0.1) is 5.92 Å². The predicted octanol–water partition coefficient (Wildman–Crippen LogP) is 2.45. The second-order valence-corrected chi connectivity index (χ2v) is 3.27. The molecular weight excluding hydrogens is 174 g/mol. The third-order valence-electron chi connectivity index (χ3n) is 2.41. The summed E-state index contributed by atoms with van der Waals surface area (Å²) in [6, 6.07) is 7.77. The fraction of sp³-hybridized carbons (Fsp3) is 0.167. The summed E-state index contributed by atoms with van der Waals surface area (Å²) in [5, 5.41) is 2.85. The molecule has 0 saturated heterocycles. The molecule has 0 bridgehead atoms. The predicted molar refractivity (Wildman–Crippen MR) is 56.1 cm³/mol. The maximum absolute atomic E-state index is 11.6. The summed E-state index contributed by atoms with van der Waals surface area (Å²) in [6.07, 6.45) is 2.47. The molecule has 70 valence electrons. The number of carbonyl (C=O) groups is 1. The first kappa shape index (κ1) is 8.79. The summed E-state index contributed by atoms with van der Waals surface area (Å²) in [7, 11) is 0. The van der Waals surface area contributed by atoms with Crippen molar-refractivity contribution < 1.29 is 4.79 Å². The molecule has 2 rings (SSSR count). The fourth-order valence-electron chi connectivity index (χ4n) is 1.71. The lowest BCUT2D eigenvalue weighted by Gasteiger charge is -2.03. The molecule has 1 aliphatic rings. The van der Waals surface area contributed by atoms with Gasteiger partial charge in [0.25, 0.3) is 0 Å². The van der Waals surface area contributed by atoms with Gasteiger partial charge in [-0.25, -0.2) is 0 Å². The molecule has 14 heavy (non-hydrogen) atoms. The minimum absolute atomic E-state index is 0.0673. The number of fused-ring (bicyclic) bond motifs is 1. The number of amides is 1. The van der Waals surface area contributed by atoms with Crippen LogP contribution in [0.5, 0.6) is 0 Å². The number of benzene rings is 1. The van der Waals surface area contributed by atoms with E-state index in [0.717, 1.165) is 11.3 Å². The highest BCUT2D eigenvalue weighted by molar-refractivity contribution is 6.02. The van der Waals surface area contributed by atoms with Gasteiger partial charge in [-0.15, -0.1) is 5.73 Å². The zero-order chi connectivity index (χ0) is 9.97. The fourth-order valence-corrected chi connectivity index (χ4v) is 1.71. The van der Waals surface area contributed by atoms with Gasteiger partial charge in [-0.2, -0.15) is 0 Å². The lowest BCUT2D eigenvalue weighted by atomic mass is 9.97. The van der Waals surface area contributed by atoms with Crippen molar-refractivity contribution in [2.24, 2.45) is 0 Å². The van der Waals surface area contributed by atoms with E-state index in [9.17, 15) is 4.79 Å². The van der Waals surface area contributed by atoms with E-state index in [1.54, 1.807) is 6.08 Å². The van der Waals surface area contributed by atoms with E-state index in [1.165, 1.54) is 0 Å². The smallest absolute Gasteiger partial charge is 0.232 e. The van der Waals surface area contributed by atoms with E-state index in [0.29, 0.717) is 6.42 Å². The summed E-state index contributed by atoms with van der Waals surface area (Å²) in [4.78, 5) is 11.6. The summed E-state index contributed by atoms with van der Waals surface area (Å²) in [5.41, 5.74) is 4.69. The first-order valence-corrected chi connectivity index (χ1v) is 4.57. The van der Waals surface area contributed by atoms with Crippen molar-refractivity contribution in [2.45, 2.75) is 12.3 Å². The number of para-hydroxylation sites is 1. The molecule has 0 fully saturated rings. The molecule has 1 amide bonds. The normalized spacial score (nSPS) is 18.3. The third-order valence-corrected chi connectivity index (χ3v) is 2.41. The van der Waals surface area contributed by atoms with Crippen LogP contribution in [0.1, 0.15) is 17.9 Å². The molecule has 0 unspecified atom stereocenters. The quantitative estimate of drug-likeness (QED) is 0.704. The van der Waals surface area contributed by atoms with Crippen molar-refractivity contribution in [1.29, 1.82) is 0 Å². The number of hydrogen-bond donors (Lipinski definition) is 1. The Morgan fingerprint density at radius 3 is 3.07 bits per heavy atom. The van der Waals surface area contributed by atoms with Crippen LogP contribution in [-0.2, 0) is 4.79 Å². The maximum Gasteiger partial charge on any atom is 0.232 e. The van der Waals surface area contributed by atoms with Crippen molar-refractivity contribution in [3.05, 3.63) is 48.2 Å². The van der Waals surface area contributed by atoms with Crippen molar-refractivity contribution in [2.75, 3.05) is 5.32 Å². The Kier molecular flexibility index (Phi) is 2.21. The van der Waals surface area contributed by atoms with Gasteiger partial charge in [-0.1, -0.05) is 24.8 Å². The molecule has 1 aromatic carbocycles. The number of nitrogens with one attached hydrogen (secondary N) is 1.